The SMILES string of the molecule is O=Cc1ccc(Oc2ccc(Cl)c(Cl)c2)cc1Br. The van der Waals surface area contributed by atoms with Crippen LogP contribution in [0.4, 0.5) is 0 Å². The highest BCUT2D eigenvalue weighted by Gasteiger charge is 2.04. The monoisotopic (exact) mass is 344 g/mol. The molecule has 0 saturated heterocycles. The minimum atomic E-state index is 0.428. The highest BCUT2D eigenvalue weighted by atomic mass is 79.9. The van der Waals surface area contributed by atoms with Gasteiger partial charge in [0.05, 0.1) is 10.0 Å². The van der Waals surface area contributed by atoms with Gasteiger partial charge in [0, 0.05) is 16.1 Å². The zero-order valence-electron chi connectivity index (χ0n) is 8.99. The average molecular weight is 346 g/mol. The van der Waals surface area contributed by atoms with Crippen LogP contribution in [-0.2, 0) is 0 Å². The minimum absolute atomic E-state index is 0.428. The van der Waals surface area contributed by atoms with Crippen molar-refractivity contribution in [2.24, 2.45) is 0 Å². The predicted molar refractivity (Wildman–Crippen MR) is 76.1 cm³/mol. The molecule has 0 unspecified atom stereocenters. The summed E-state index contributed by atoms with van der Waals surface area (Å²) in [7, 11) is 0. The van der Waals surface area contributed by atoms with Gasteiger partial charge in [-0.1, -0.05) is 23.2 Å². The van der Waals surface area contributed by atoms with Gasteiger partial charge in [-0.25, -0.2) is 0 Å². The van der Waals surface area contributed by atoms with Crippen LogP contribution in [0.2, 0.25) is 10.0 Å². The van der Waals surface area contributed by atoms with Gasteiger partial charge in [-0.2, -0.15) is 0 Å². The van der Waals surface area contributed by atoms with E-state index >= 15 is 0 Å². The van der Waals surface area contributed by atoms with Crippen LogP contribution < -0.4 is 4.74 Å². The van der Waals surface area contributed by atoms with Crippen molar-refractivity contribution in [3.63, 3.8) is 0 Å². The standard InChI is InChI=1S/C13H7BrCl2O2/c14-11-5-9(2-1-8(11)7-17)18-10-3-4-12(15)13(16)6-10/h1-7H. The van der Waals surface area contributed by atoms with Crippen molar-refractivity contribution in [3.05, 3.63) is 56.5 Å². The predicted octanol–water partition coefficient (Wildman–Crippen LogP) is 5.36. The Morgan fingerprint density at radius 2 is 1.67 bits per heavy atom. The van der Waals surface area contributed by atoms with Gasteiger partial charge in [0.25, 0.3) is 0 Å². The molecule has 2 rings (SSSR count). The van der Waals surface area contributed by atoms with Crippen LogP contribution in [-0.4, -0.2) is 6.29 Å². The van der Waals surface area contributed by atoms with E-state index in [-0.39, 0.29) is 0 Å². The molecule has 0 heterocycles. The molecule has 5 heteroatoms. The van der Waals surface area contributed by atoms with E-state index in [0.29, 0.717) is 31.6 Å². The molecule has 0 aliphatic rings. The molecule has 0 fully saturated rings. The van der Waals surface area contributed by atoms with Crippen molar-refractivity contribution in [1.29, 1.82) is 0 Å². The number of carbonyl (C=O) groups excluding carboxylic acids is 1. The third-order valence-electron chi connectivity index (χ3n) is 2.23. The van der Waals surface area contributed by atoms with E-state index in [4.69, 9.17) is 27.9 Å². The van der Waals surface area contributed by atoms with Crippen molar-refractivity contribution in [2.75, 3.05) is 0 Å². The quantitative estimate of drug-likeness (QED) is 0.700. The van der Waals surface area contributed by atoms with Crippen molar-refractivity contribution in [2.45, 2.75) is 0 Å². The average Bonchev–Trinajstić information content (AvgIpc) is 2.34. The Labute approximate surface area is 123 Å². The van der Waals surface area contributed by atoms with Crippen molar-refractivity contribution >= 4 is 45.4 Å². The van der Waals surface area contributed by atoms with E-state index in [1.807, 2.05) is 0 Å². The van der Waals surface area contributed by atoms with Crippen LogP contribution in [0, 0.1) is 0 Å². The van der Waals surface area contributed by atoms with E-state index in [9.17, 15) is 4.79 Å². The Kier molecular flexibility index (Phi) is 4.27. The Morgan fingerprint density at radius 3 is 2.28 bits per heavy atom. The number of hydrogen-bond acceptors (Lipinski definition) is 2. The van der Waals surface area contributed by atoms with Crippen molar-refractivity contribution in [3.8, 4) is 11.5 Å². The molecule has 0 saturated carbocycles. The second kappa shape index (κ2) is 5.74. The smallest absolute Gasteiger partial charge is 0.151 e. The molecule has 18 heavy (non-hydrogen) atoms. The maximum absolute atomic E-state index is 10.7. The summed E-state index contributed by atoms with van der Waals surface area (Å²) in [6.45, 7) is 0. The number of rotatable bonds is 3. The van der Waals surface area contributed by atoms with Gasteiger partial charge in [-0.3, -0.25) is 4.79 Å². The number of halogens is 3. The third-order valence-corrected chi connectivity index (χ3v) is 3.65. The molecule has 0 aliphatic carbocycles. The summed E-state index contributed by atoms with van der Waals surface area (Å²) in [5.74, 6) is 1.18. The fourth-order valence-corrected chi connectivity index (χ4v) is 2.08. The van der Waals surface area contributed by atoms with Crippen LogP contribution in [0.1, 0.15) is 10.4 Å². The zero-order chi connectivity index (χ0) is 13.1. The van der Waals surface area contributed by atoms with E-state index in [1.165, 1.54) is 0 Å². The van der Waals surface area contributed by atoms with E-state index in [2.05, 4.69) is 15.9 Å². The molecular formula is C13H7BrCl2O2. The van der Waals surface area contributed by atoms with E-state index < -0.39 is 0 Å². The molecule has 92 valence electrons. The van der Waals surface area contributed by atoms with Gasteiger partial charge in [0.15, 0.2) is 6.29 Å². The lowest BCUT2D eigenvalue weighted by molar-refractivity contribution is 0.112. The van der Waals surface area contributed by atoms with Crippen LogP contribution in [0.3, 0.4) is 0 Å². The number of aldehydes is 1. The molecule has 0 spiro atoms. The highest BCUT2D eigenvalue weighted by Crippen LogP contribution is 2.31. The van der Waals surface area contributed by atoms with E-state index in [1.54, 1.807) is 36.4 Å². The van der Waals surface area contributed by atoms with E-state index in [0.717, 1.165) is 6.29 Å². The summed E-state index contributed by atoms with van der Waals surface area (Å²) in [6, 6.07) is 10.1. The Hall–Kier alpha value is -1.03. The van der Waals surface area contributed by atoms with Crippen molar-refractivity contribution in [1.82, 2.24) is 0 Å². The second-order valence-corrected chi connectivity index (χ2v) is 5.15. The fourth-order valence-electron chi connectivity index (χ4n) is 1.34. The van der Waals surface area contributed by atoms with Gasteiger partial charge in [-0.15, -0.1) is 0 Å². The summed E-state index contributed by atoms with van der Waals surface area (Å²) < 4.78 is 6.28. The zero-order valence-corrected chi connectivity index (χ0v) is 12.1. The van der Waals surface area contributed by atoms with Gasteiger partial charge in [0.2, 0.25) is 0 Å². The van der Waals surface area contributed by atoms with Gasteiger partial charge >= 0.3 is 0 Å². The molecule has 0 amide bonds. The third kappa shape index (κ3) is 3.05. The first-order valence-corrected chi connectivity index (χ1v) is 6.52. The van der Waals surface area contributed by atoms with Gasteiger partial charge in [0.1, 0.15) is 11.5 Å². The Morgan fingerprint density at radius 1 is 1.00 bits per heavy atom. The number of benzene rings is 2. The van der Waals surface area contributed by atoms with Crippen LogP contribution in [0.5, 0.6) is 11.5 Å². The first-order chi connectivity index (χ1) is 8.60. The normalized spacial score (nSPS) is 10.2. The summed E-state index contributed by atoms with van der Waals surface area (Å²) in [5, 5.41) is 0.902. The highest BCUT2D eigenvalue weighted by molar-refractivity contribution is 9.10. The van der Waals surface area contributed by atoms with Crippen LogP contribution in [0.15, 0.2) is 40.9 Å². The summed E-state index contributed by atoms with van der Waals surface area (Å²) in [4.78, 5) is 10.7. The molecule has 0 bridgehead atoms. The number of hydrogen-bond donors (Lipinski definition) is 0. The maximum Gasteiger partial charge on any atom is 0.151 e. The minimum Gasteiger partial charge on any atom is -0.457 e. The number of ether oxygens (including phenoxy) is 1. The van der Waals surface area contributed by atoms with Gasteiger partial charge in [-0.05, 0) is 46.3 Å². The molecule has 0 N–H and O–H groups in total. The molecular weight excluding hydrogens is 339 g/mol. The lowest BCUT2D eigenvalue weighted by atomic mass is 10.2. The number of carbonyl (C=O) groups is 1. The van der Waals surface area contributed by atoms with Crippen LogP contribution in [0.25, 0.3) is 0 Å². The lowest BCUT2D eigenvalue weighted by Crippen LogP contribution is -1.87. The Bertz CT molecular complexity index is 600. The van der Waals surface area contributed by atoms with Gasteiger partial charge < -0.3 is 4.74 Å². The summed E-state index contributed by atoms with van der Waals surface area (Å²) in [6.07, 6.45) is 0.771. The topological polar surface area (TPSA) is 26.3 Å². The maximum atomic E-state index is 10.7. The molecule has 0 aliphatic heterocycles. The van der Waals surface area contributed by atoms with Crippen LogP contribution >= 0.6 is 39.1 Å². The molecule has 0 aromatic heterocycles. The summed E-state index contributed by atoms with van der Waals surface area (Å²) in [5.41, 5.74) is 0.566. The summed E-state index contributed by atoms with van der Waals surface area (Å²) >= 11 is 15.0. The molecule has 0 radical (unpaired) electrons. The largest absolute Gasteiger partial charge is 0.457 e. The molecule has 0 atom stereocenters. The molecule has 2 aromatic carbocycles. The first kappa shape index (κ1) is 13.4. The molecule has 2 nitrogen and oxygen atoms in total. The molecule has 2 aromatic rings. The van der Waals surface area contributed by atoms with Crippen molar-refractivity contribution < 1.29 is 9.53 Å². The Balaban J connectivity index is 2.25. The fraction of sp³-hybridized carbons (Fsp3) is 0. The first-order valence-electron chi connectivity index (χ1n) is 4.98. The second-order valence-electron chi connectivity index (χ2n) is 3.48. The lowest BCUT2D eigenvalue weighted by Gasteiger charge is -2.07.